The van der Waals surface area contributed by atoms with Gasteiger partial charge < -0.3 is 15.0 Å². The van der Waals surface area contributed by atoms with Gasteiger partial charge in [0.1, 0.15) is 5.75 Å². The zero-order valence-electron chi connectivity index (χ0n) is 14.1. The van der Waals surface area contributed by atoms with Crippen LogP contribution in [0.15, 0.2) is 48.8 Å². The van der Waals surface area contributed by atoms with E-state index in [1.807, 2.05) is 17.0 Å². The lowest BCUT2D eigenvalue weighted by atomic mass is 10.0. The zero-order chi connectivity index (χ0) is 17.6. The summed E-state index contributed by atoms with van der Waals surface area (Å²) in [5.74, 6) is 0.572. The molecular weight excluding hydrogens is 318 g/mol. The fourth-order valence-corrected chi connectivity index (χ4v) is 2.94. The van der Waals surface area contributed by atoms with E-state index in [0.29, 0.717) is 30.0 Å². The second-order valence-electron chi connectivity index (χ2n) is 6.01. The van der Waals surface area contributed by atoms with Crippen LogP contribution in [0.4, 0.5) is 0 Å². The van der Waals surface area contributed by atoms with E-state index in [9.17, 15) is 9.59 Å². The zero-order valence-corrected chi connectivity index (χ0v) is 14.1. The summed E-state index contributed by atoms with van der Waals surface area (Å²) in [7, 11) is 1.58. The molecule has 6 nitrogen and oxygen atoms in total. The number of likely N-dealkylation sites (tertiary alicyclic amines) is 1. The SMILES string of the molecule is COc1cccc(C(=O)N2CCC(NC(=O)c3ccncc3)CC2)c1. The number of carbonyl (C=O) groups excluding carboxylic acids is 2. The Bertz CT molecular complexity index is 741. The lowest BCUT2D eigenvalue weighted by molar-refractivity contribution is 0.0697. The van der Waals surface area contributed by atoms with Crippen LogP contribution in [0.1, 0.15) is 33.6 Å². The minimum absolute atomic E-state index is 0.00203. The summed E-state index contributed by atoms with van der Waals surface area (Å²) in [5.41, 5.74) is 1.23. The second-order valence-corrected chi connectivity index (χ2v) is 6.01. The fraction of sp³-hybridized carbons (Fsp3) is 0.316. The Morgan fingerprint density at radius 2 is 1.84 bits per heavy atom. The predicted octanol–water partition coefficient (Wildman–Crippen LogP) is 2.12. The van der Waals surface area contributed by atoms with Crippen molar-refractivity contribution in [2.24, 2.45) is 0 Å². The van der Waals surface area contributed by atoms with Crippen LogP contribution in [0.25, 0.3) is 0 Å². The third-order valence-corrected chi connectivity index (χ3v) is 4.38. The molecule has 130 valence electrons. The largest absolute Gasteiger partial charge is 0.497 e. The molecule has 0 saturated carbocycles. The van der Waals surface area contributed by atoms with Crippen LogP contribution in [0.5, 0.6) is 5.75 Å². The minimum Gasteiger partial charge on any atom is -0.497 e. The van der Waals surface area contributed by atoms with Crippen LogP contribution < -0.4 is 10.1 Å². The lowest BCUT2D eigenvalue weighted by Crippen LogP contribution is -2.46. The molecule has 0 spiro atoms. The lowest BCUT2D eigenvalue weighted by Gasteiger charge is -2.32. The third-order valence-electron chi connectivity index (χ3n) is 4.38. The topological polar surface area (TPSA) is 71.5 Å². The fourth-order valence-electron chi connectivity index (χ4n) is 2.94. The van der Waals surface area contributed by atoms with E-state index in [4.69, 9.17) is 4.74 Å². The molecule has 0 bridgehead atoms. The molecule has 1 N–H and O–H groups in total. The minimum atomic E-state index is -0.0972. The Morgan fingerprint density at radius 1 is 1.12 bits per heavy atom. The third kappa shape index (κ3) is 4.15. The van der Waals surface area contributed by atoms with Crippen LogP contribution >= 0.6 is 0 Å². The number of piperidine rings is 1. The molecule has 1 aromatic heterocycles. The van der Waals surface area contributed by atoms with E-state index < -0.39 is 0 Å². The first-order valence-corrected chi connectivity index (χ1v) is 8.31. The molecule has 0 aliphatic carbocycles. The number of ether oxygens (including phenoxy) is 1. The smallest absolute Gasteiger partial charge is 0.253 e. The van der Waals surface area contributed by atoms with E-state index in [1.54, 1.807) is 43.8 Å². The van der Waals surface area contributed by atoms with Gasteiger partial charge in [0, 0.05) is 42.7 Å². The number of nitrogens with zero attached hydrogens (tertiary/aromatic N) is 2. The number of nitrogens with one attached hydrogen (secondary N) is 1. The maximum atomic E-state index is 12.6. The van der Waals surface area contributed by atoms with Crippen LogP contribution in [-0.4, -0.2) is 47.9 Å². The number of hydrogen-bond donors (Lipinski definition) is 1. The molecule has 6 heteroatoms. The first-order valence-electron chi connectivity index (χ1n) is 8.31. The first-order chi connectivity index (χ1) is 12.2. The van der Waals surface area contributed by atoms with Crippen molar-refractivity contribution in [3.8, 4) is 5.75 Å². The van der Waals surface area contributed by atoms with Crippen LogP contribution in [-0.2, 0) is 0 Å². The Labute approximate surface area is 146 Å². The average Bonchev–Trinajstić information content (AvgIpc) is 2.68. The van der Waals surface area contributed by atoms with Gasteiger partial charge in [-0.1, -0.05) is 6.07 Å². The van der Waals surface area contributed by atoms with Gasteiger partial charge in [0.25, 0.3) is 11.8 Å². The number of amides is 2. The summed E-state index contributed by atoms with van der Waals surface area (Å²) in [5, 5.41) is 3.03. The normalized spacial score (nSPS) is 14.8. The van der Waals surface area contributed by atoms with Crippen molar-refractivity contribution in [2.45, 2.75) is 18.9 Å². The van der Waals surface area contributed by atoms with Crippen LogP contribution in [0.3, 0.4) is 0 Å². The van der Waals surface area contributed by atoms with E-state index in [0.717, 1.165) is 12.8 Å². The summed E-state index contributed by atoms with van der Waals surface area (Å²) in [6.45, 7) is 1.24. The van der Waals surface area contributed by atoms with E-state index >= 15 is 0 Å². The highest BCUT2D eigenvalue weighted by Gasteiger charge is 2.25. The van der Waals surface area contributed by atoms with Gasteiger partial charge in [-0.25, -0.2) is 0 Å². The van der Waals surface area contributed by atoms with Crippen LogP contribution in [0.2, 0.25) is 0 Å². The summed E-state index contributed by atoms with van der Waals surface area (Å²) in [6, 6.07) is 10.6. The van der Waals surface area contributed by atoms with Gasteiger partial charge >= 0.3 is 0 Å². The van der Waals surface area contributed by atoms with Gasteiger partial charge in [-0.3, -0.25) is 14.6 Å². The first kappa shape index (κ1) is 17.0. The number of aromatic nitrogens is 1. The van der Waals surface area contributed by atoms with Crippen molar-refractivity contribution < 1.29 is 14.3 Å². The van der Waals surface area contributed by atoms with Crippen molar-refractivity contribution in [1.82, 2.24) is 15.2 Å². The van der Waals surface area contributed by atoms with Crippen LogP contribution in [0, 0.1) is 0 Å². The summed E-state index contributed by atoms with van der Waals surface area (Å²) in [4.78, 5) is 30.5. The predicted molar refractivity (Wildman–Crippen MR) is 93.6 cm³/mol. The number of hydrogen-bond acceptors (Lipinski definition) is 4. The number of methoxy groups -OCH3 is 1. The quantitative estimate of drug-likeness (QED) is 0.926. The number of benzene rings is 1. The van der Waals surface area contributed by atoms with E-state index in [-0.39, 0.29) is 17.9 Å². The number of carbonyl (C=O) groups is 2. The van der Waals surface area contributed by atoms with Gasteiger partial charge in [-0.05, 0) is 43.2 Å². The second kappa shape index (κ2) is 7.79. The molecule has 1 fully saturated rings. The highest BCUT2D eigenvalue weighted by atomic mass is 16.5. The molecule has 3 rings (SSSR count). The molecule has 25 heavy (non-hydrogen) atoms. The number of rotatable bonds is 4. The van der Waals surface area contributed by atoms with Gasteiger partial charge in [-0.2, -0.15) is 0 Å². The Balaban J connectivity index is 1.54. The molecule has 1 aliphatic rings. The molecule has 2 heterocycles. The molecule has 2 amide bonds. The Kier molecular flexibility index (Phi) is 5.28. The van der Waals surface area contributed by atoms with Crippen molar-refractivity contribution in [3.05, 3.63) is 59.9 Å². The summed E-state index contributed by atoms with van der Waals surface area (Å²) >= 11 is 0. The molecule has 0 atom stereocenters. The van der Waals surface area contributed by atoms with Crippen molar-refractivity contribution in [3.63, 3.8) is 0 Å². The highest BCUT2D eigenvalue weighted by Crippen LogP contribution is 2.18. The molecular formula is C19H21N3O3. The summed E-state index contributed by atoms with van der Waals surface area (Å²) in [6.07, 6.45) is 4.69. The average molecular weight is 339 g/mol. The van der Waals surface area contributed by atoms with Gasteiger partial charge in [-0.15, -0.1) is 0 Å². The summed E-state index contributed by atoms with van der Waals surface area (Å²) < 4.78 is 5.17. The molecule has 1 aliphatic heterocycles. The van der Waals surface area contributed by atoms with Crippen molar-refractivity contribution in [2.75, 3.05) is 20.2 Å². The number of pyridine rings is 1. The Morgan fingerprint density at radius 3 is 2.52 bits per heavy atom. The molecule has 1 saturated heterocycles. The highest BCUT2D eigenvalue weighted by molar-refractivity contribution is 5.95. The van der Waals surface area contributed by atoms with Gasteiger partial charge in [0.2, 0.25) is 0 Å². The van der Waals surface area contributed by atoms with Crippen molar-refractivity contribution >= 4 is 11.8 Å². The van der Waals surface area contributed by atoms with Gasteiger partial charge in [0.05, 0.1) is 7.11 Å². The molecule has 1 aromatic carbocycles. The maximum Gasteiger partial charge on any atom is 0.253 e. The molecule has 0 radical (unpaired) electrons. The Hall–Kier alpha value is -2.89. The molecule has 0 unspecified atom stereocenters. The van der Waals surface area contributed by atoms with Gasteiger partial charge in [0.15, 0.2) is 0 Å². The maximum absolute atomic E-state index is 12.6. The van der Waals surface area contributed by atoms with E-state index in [1.165, 1.54) is 0 Å². The standard InChI is InChI=1S/C19H21N3O3/c1-25-17-4-2-3-15(13-17)19(24)22-11-7-16(8-12-22)21-18(23)14-5-9-20-10-6-14/h2-6,9-10,13,16H,7-8,11-12H2,1H3,(H,21,23). The van der Waals surface area contributed by atoms with Crippen molar-refractivity contribution in [1.29, 1.82) is 0 Å². The molecule has 2 aromatic rings. The van der Waals surface area contributed by atoms with E-state index in [2.05, 4.69) is 10.3 Å². The monoisotopic (exact) mass is 339 g/mol.